The van der Waals surface area contributed by atoms with Gasteiger partial charge in [-0.1, -0.05) is 137 Å². The van der Waals surface area contributed by atoms with Crippen LogP contribution in [0.1, 0.15) is 52.9 Å². The first-order valence-corrected chi connectivity index (χ1v) is 19.5. The molecular weight excluding hydrogens is 1100 g/mol. The Hall–Kier alpha value is -5.16. The minimum absolute atomic E-state index is 0. The first-order chi connectivity index (χ1) is 27.8. The SMILES string of the molecule is CC(C)(C)c1ccc2c(n1)[n-]c1ccccc12.CC(C)(C)c1ccc2c(n1)[n-]c1ccccc12.CN1C=CN(c2[c-]cccc2)[CH-]1.CN1C=CN(c2[c-]cccc2)[CH-]1.[Pt].[Pt]. The average molecular weight is 1150 g/mol. The van der Waals surface area contributed by atoms with Crippen molar-refractivity contribution in [2.24, 2.45) is 0 Å². The summed E-state index contributed by atoms with van der Waals surface area (Å²) in [6.45, 7) is 17.0. The molecule has 0 N–H and O–H groups in total. The zero-order chi connectivity index (χ0) is 40.9. The number of para-hydroxylation sites is 4. The predicted octanol–water partition coefficient (Wildman–Crippen LogP) is 10.9. The number of hydrogen-bond donors (Lipinski definition) is 0. The van der Waals surface area contributed by atoms with Crippen LogP contribution in [-0.4, -0.2) is 33.9 Å². The van der Waals surface area contributed by atoms with Crippen molar-refractivity contribution < 1.29 is 42.1 Å². The topological polar surface area (TPSA) is 66.9 Å². The standard InChI is InChI=1S/2C15H15N2.2C10H10N2.2Pt/c2*1-15(2,3)13-9-8-11-10-6-4-5-7-12(10)16-14(11)17-13;2*1-11-7-8-12(9-11)10-5-3-2-4-6-10;;/h2*4-9H,1-3H3;2*2-5,7-9H,1H3;;/q2*-1;2*-2;;. The summed E-state index contributed by atoms with van der Waals surface area (Å²) in [7, 11) is 4.00. The minimum Gasteiger partial charge on any atom is -0.510 e. The molecule has 0 radical (unpaired) electrons. The average Bonchev–Trinajstić information content (AvgIpc) is 4.03. The van der Waals surface area contributed by atoms with Gasteiger partial charge in [-0.25, -0.2) is 0 Å². The van der Waals surface area contributed by atoms with Gasteiger partial charge in [-0.3, -0.25) is 0 Å². The Kier molecular flexibility index (Phi) is 15.3. The van der Waals surface area contributed by atoms with Crippen LogP contribution in [0.3, 0.4) is 0 Å². The van der Waals surface area contributed by atoms with E-state index in [-0.39, 0.29) is 53.0 Å². The summed E-state index contributed by atoms with van der Waals surface area (Å²) in [5.41, 5.74) is 8.23. The normalized spacial score (nSPS) is 13.3. The van der Waals surface area contributed by atoms with Crippen LogP contribution in [0.2, 0.25) is 0 Å². The van der Waals surface area contributed by atoms with E-state index in [1.54, 1.807) is 0 Å². The fourth-order valence-electron chi connectivity index (χ4n) is 6.42. The van der Waals surface area contributed by atoms with Crippen LogP contribution >= 0.6 is 0 Å². The number of aromatic nitrogens is 4. The number of benzene rings is 4. The van der Waals surface area contributed by atoms with E-state index in [9.17, 15) is 0 Å². The maximum absolute atomic E-state index is 4.67. The summed E-state index contributed by atoms with van der Waals surface area (Å²) in [6.07, 6.45) is 8.01. The van der Waals surface area contributed by atoms with Crippen molar-refractivity contribution in [1.29, 1.82) is 0 Å². The third kappa shape index (κ3) is 11.2. The van der Waals surface area contributed by atoms with Crippen molar-refractivity contribution >= 4 is 55.2 Å². The van der Waals surface area contributed by atoms with Gasteiger partial charge >= 0.3 is 0 Å². The van der Waals surface area contributed by atoms with Crippen LogP contribution in [0.5, 0.6) is 0 Å². The predicted molar refractivity (Wildman–Crippen MR) is 240 cm³/mol. The van der Waals surface area contributed by atoms with Crippen molar-refractivity contribution in [3.8, 4) is 0 Å². The second-order valence-corrected chi connectivity index (χ2v) is 16.4. The molecule has 4 aromatic carbocycles. The Labute approximate surface area is 383 Å². The first kappa shape index (κ1) is 45.9. The molecule has 0 spiro atoms. The van der Waals surface area contributed by atoms with Gasteiger partial charge in [0.25, 0.3) is 0 Å². The number of anilines is 2. The summed E-state index contributed by atoms with van der Waals surface area (Å²) < 4.78 is 0. The van der Waals surface area contributed by atoms with E-state index in [0.717, 1.165) is 55.9 Å². The molecule has 0 aliphatic carbocycles. The van der Waals surface area contributed by atoms with Crippen molar-refractivity contribution in [2.45, 2.75) is 52.4 Å². The van der Waals surface area contributed by atoms with E-state index in [4.69, 9.17) is 0 Å². The summed E-state index contributed by atoms with van der Waals surface area (Å²) in [5.74, 6) is 0. The van der Waals surface area contributed by atoms with Crippen LogP contribution in [0.25, 0.3) is 43.9 Å². The number of hydrogen-bond acceptors (Lipinski definition) is 6. The maximum atomic E-state index is 4.67. The van der Waals surface area contributed by atoms with E-state index >= 15 is 0 Å². The van der Waals surface area contributed by atoms with Gasteiger partial charge in [0.15, 0.2) is 0 Å². The van der Waals surface area contributed by atoms with Crippen LogP contribution in [0.4, 0.5) is 11.4 Å². The summed E-state index contributed by atoms with van der Waals surface area (Å²) >= 11 is 0. The Bertz CT molecular complexity index is 2470. The molecule has 0 bridgehead atoms. The molecule has 6 heterocycles. The zero-order valence-electron chi connectivity index (χ0n) is 35.2. The quantitative estimate of drug-likeness (QED) is 0.159. The number of nitrogens with zero attached hydrogens (tertiary/aromatic N) is 8. The minimum atomic E-state index is 0. The first-order valence-electron chi connectivity index (χ1n) is 19.5. The van der Waals surface area contributed by atoms with E-state index in [1.165, 1.54) is 10.8 Å². The van der Waals surface area contributed by atoms with Gasteiger partial charge in [0.05, 0.1) is 0 Å². The van der Waals surface area contributed by atoms with Crippen molar-refractivity contribution in [3.63, 3.8) is 0 Å². The molecule has 0 saturated heterocycles. The molecular formula is C50H50N8Pt2-6. The second kappa shape index (κ2) is 19.9. The number of rotatable bonds is 2. The van der Waals surface area contributed by atoms with Crippen molar-refractivity contribution in [3.05, 3.63) is 183 Å². The smallest absolute Gasteiger partial charge is 0 e. The molecule has 8 nitrogen and oxygen atoms in total. The number of fused-ring (bicyclic) bond motifs is 6. The molecule has 0 amide bonds. The van der Waals surface area contributed by atoms with Gasteiger partial charge in [-0.2, -0.15) is 74.0 Å². The zero-order valence-corrected chi connectivity index (χ0v) is 39.8. The molecule has 10 rings (SSSR count). The Morgan fingerprint density at radius 1 is 0.467 bits per heavy atom. The molecule has 0 fully saturated rings. The summed E-state index contributed by atoms with van der Waals surface area (Å²) in [4.78, 5) is 26.6. The number of pyridine rings is 2. The molecule has 0 saturated carbocycles. The van der Waals surface area contributed by atoms with Gasteiger partial charge in [0.2, 0.25) is 0 Å². The molecule has 316 valence electrons. The van der Waals surface area contributed by atoms with Gasteiger partial charge in [-0.15, -0.1) is 11.4 Å². The van der Waals surface area contributed by atoms with E-state index in [0.29, 0.717) is 0 Å². The van der Waals surface area contributed by atoms with E-state index in [1.807, 2.05) is 157 Å². The monoisotopic (exact) mass is 1150 g/mol. The Morgan fingerprint density at radius 3 is 1.18 bits per heavy atom. The van der Waals surface area contributed by atoms with Gasteiger partial charge in [0.1, 0.15) is 0 Å². The third-order valence-electron chi connectivity index (χ3n) is 9.61. The Balaban J connectivity index is 0.000000152. The van der Waals surface area contributed by atoms with E-state index in [2.05, 4.69) is 110 Å². The largest absolute Gasteiger partial charge is 0.510 e. The van der Waals surface area contributed by atoms with Crippen molar-refractivity contribution in [2.75, 3.05) is 23.9 Å². The second-order valence-electron chi connectivity index (χ2n) is 16.4. The van der Waals surface area contributed by atoms with Gasteiger partial charge in [0, 0.05) is 42.1 Å². The fraction of sp³-hybridized carbons (Fsp3) is 0.200. The van der Waals surface area contributed by atoms with E-state index < -0.39 is 0 Å². The molecule has 60 heavy (non-hydrogen) atoms. The van der Waals surface area contributed by atoms with Gasteiger partial charge < -0.3 is 39.5 Å². The Morgan fingerprint density at radius 2 is 0.850 bits per heavy atom. The van der Waals surface area contributed by atoms with Crippen LogP contribution in [0.15, 0.2) is 146 Å². The summed E-state index contributed by atoms with van der Waals surface area (Å²) in [5, 5.41) is 4.67. The molecule has 4 aromatic heterocycles. The van der Waals surface area contributed by atoms with Crippen LogP contribution < -0.4 is 19.8 Å². The molecule has 2 aliphatic heterocycles. The molecule has 0 atom stereocenters. The fourth-order valence-corrected chi connectivity index (χ4v) is 6.42. The maximum Gasteiger partial charge on any atom is 0 e. The molecule has 8 aromatic rings. The molecule has 0 unspecified atom stereocenters. The van der Waals surface area contributed by atoms with Crippen LogP contribution in [-0.2, 0) is 53.0 Å². The van der Waals surface area contributed by atoms with Crippen molar-refractivity contribution in [1.82, 2.24) is 29.7 Å². The summed E-state index contributed by atoms with van der Waals surface area (Å²) in [6, 6.07) is 47.0. The molecule has 2 aliphatic rings. The van der Waals surface area contributed by atoms with Gasteiger partial charge in [-0.05, 0) is 82.3 Å². The third-order valence-corrected chi connectivity index (χ3v) is 9.61. The molecule has 10 heteroatoms. The van der Waals surface area contributed by atoms with Crippen LogP contribution in [0, 0.1) is 25.5 Å².